The minimum Gasteiger partial charge on any atom is -0.462 e. The van der Waals surface area contributed by atoms with Gasteiger partial charge in [-0.3, -0.25) is 14.4 Å². The maximum Gasteiger partial charge on any atom is 0.306 e. The minimum absolute atomic E-state index is 0.0924. The predicted molar refractivity (Wildman–Crippen MR) is 325 cm³/mol. The number of ether oxygens (including phenoxy) is 3. The molecule has 6 nitrogen and oxygen atoms in total. The normalized spacial score (nSPS) is 12.9. The minimum atomic E-state index is -0.795. The molecule has 0 saturated carbocycles. The molecule has 0 spiro atoms. The van der Waals surface area contributed by atoms with Gasteiger partial charge < -0.3 is 14.2 Å². The molecule has 0 rings (SSSR count). The van der Waals surface area contributed by atoms with E-state index in [1.54, 1.807) is 0 Å². The van der Waals surface area contributed by atoms with Crippen LogP contribution in [0.2, 0.25) is 0 Å². The Morgan fingerprint density at radius 3 is 0.867 bits per heavy atom. The molecular formula is C69H114O6. The third-order valence-corrected chi connectivity index (χ3v) is 12.9. The first-order chi connectivity index (χ1) is 37.0. The largest absolute Gasteiger partial charge is 0.462 e. The van der Waals surface area contributed by atoms with Crippen molar-refractivity contribution in [2.45, 2.75) is 284 Å². The van der Waals surface area contributed by atoms with Gasteiger partial charge in [0, 0.05) is 19.3 Å². The standard InChI is InChI=1S/C69H114O6/c1-4-7-10-13-16-19-22-24-26-28-30-31-32-33-34-35-36-37-39-40-42-44-47-50-53-56-59-62-68(71)74-65-66(64-73-67(70)61-58-55-52-49-46-21-18-15-12-9-6-3)75-69(72)63-60-57-54-51-48-45-43-41-38-29-27-25-23-20-17-14-11-8-5-2/h7,10,15-20,24-27,30-31,33-34,36-38,41,66H,4-6,8-9,11-14,21-23,28-29,32,35,39-40,42-65H2,1-3H3/b10-7-,18-15-,19-16-,20-17-,26-24-,27-25-,31-30-,34-33-,37-36-,41-38-. The van der Waals surface area contributed by atoms with Gasteiger partial charge in [0.25, 0.3) is 0 Å². The van der Waals surface area contributed by atoms with E-state index in [0.717, 1.165) is 141 Å². The van der Waals surface area contributed by atoms with E-state index in [2.05, 4.69) is 142 Å². The second kappa shape index (κ2) is 62.4. The third-order valence-electron chi connectivity index (χ3n) is 12.9. The second-order valence-corrected chi connectivity index (χ2v) is 20.2. The average molecular weight is 1040 g/mol. The van der Waals surface area contributed by atoms with Gasteiger partial charge in [0.2, 0.25) is 0 Å². The summed E-state index contributed by atoms with van der Waals surface area (Å²) < 4.78 is 16.9. The number of allylic oxidation sites excluding steroid dienone is 20. The lowest BCUT2D eigenvalue weighted by molar-refractivity contribution is -0.167. The number of hydrogen-bond acceptors (Lipinski definition) is 6. The number of esters is 3. The molecule has 0 saturated heterocycles. The first kappa shape index (κ1) is 70.8. The smallest absolute Gasteiger partial charge is 0.306 e. The maximum absolute atomic E-state index is 12.9. The fourth-order valence-electron chi connectivity index (χ4n) is 8.26. The van der Waals surface area contributed by atoms with Crippen LogP contribution in [0.15, 0.2) is 122 Å². The van der Waals surface area contributed by atoms with Crippen molar-refractivity contribution >= 4 is 17.9 Å². The molecule has 0 heterocycles. The second-order valence-electron chi connectivity index (χ2n) is 20.2. The molecule has 0 aromatic carbocycles. The van der Waals surface area contributed by atoms with Crippen LogP contribution in [0.25, 0.3) is 0 Å². The van der Waals surface area contributed by atoms with Gasteiger partial charge in [-0.2, -0.15) is 0 Å². The number of rotatable bonds is 55. The maximum atomic E-state index is 12.9. The molecule has 0 N–H and O–H groups in total. The van der Waals surface area contributed by atoms with Gasteiger partial charge in [-0.05, 0) is 128 Å². The molecule has 75 heavy (non-hydrogen) atoms. The Bertz CT molecular complexity index is 1570. The Morgan fingerprint density at radius 2 is 0.533 bits per heavy atom. The summed E-state index contributed by atoms with van der Waals surface area (Å²) in [5.74, 6) is -0.921. The van der Waals surface area contributed by atoms with Crippen molar-refractivity contribution in [1.29, 1.82) is 0 Å². The summed E-state index contributed by atoms with van der Waals surface area (Å²) in [5, 5.41) is 0. The SMILES string of the molecule is CC/C=C\C/C=C\C/C=C\C/C=C\C/C=C\C/C=C\CCCCCCCCCCC(=O)OCC(COC(=O)CCCCCCC/C=C\CCCC)OC(=O)CCCCCCCC/C=C\C/C=C\C/C=C\CCCCC. The van der Waals surface area contributed by atoms with Gasteiger partial charge in [-0.15, -0.1) is 0 Å². The van der Waals surface area contributed by atoms with Crippen molar-refractivity contribution in [2.75, 3.05) is 13.2 Å². The van der Waals surface area contributed by atoms with Crippen LogP contribution in [0.3, 0.4) is 0 Å². The topological polar surface area (TPSA) is 78.9 Å². The molecule has 0 bridgehead atoms. The van der Waals surface area contributed by atoms with Crippen molar-refractivity contribution in [3.05, 3.63) is 122 Å². The quantitative estimate of drug-likeness (QED) is 0.0261. The van der Waals surface area contributed by atoms with Crippen LogP contribution in [-0.4, -0.2) is 37.2 Å². The molecule has 1 unspecified atom stereocenters. The highest BCUT2D eigenvalue weighted by molar-refractivity contribution is 5.71. The first-order valence-corrected chi connectivity index (χ1v) is 31.0. The van der Waals surface area contributed by atoms with Crippen LogP contribution in [0, 0.1) is 0 Å². The third kappa shape index (κ3) is 60.6. The van der Waals surface area contributed by atoms with Gasteiger partial charge in [0.15, 0.2) is 6.10 Å². The number of hydrogen-bond donors (Lipinski definition) is 0. The molecule has 426 valence electrons. The Morgan fingerprint density at radius 1 is 0.280 bits per heavy atom. The zero-order valence-electron chi connectivity index (χ0n) is 48.8. The summed E-state index contributed by atoms with van der Waals surface area (Å²) in [6.07, 6.45) is 86.2. The molecule has 1 atom stereocenters. The Labute approximate surface area is 462 Å². The van der Waals surface area contributed by atoms with Crippen LogP contribution < -0.4 is 0 Å². The average Bonchev–Trinajstić information content (AvgIpc) is 3.41. The van der Waals surface area contributed by atoms with Crippen LogP contribution in [0.5, 0.6) is 0 Å². The zero-order chi connectivity index (χ0) is 54.3. The van der Waals surface area contributed by atoms with Crippen molar-refractivity contribution in [3.63, 3.8) is 0 Å². The fraction of sp³-hybridized carbons (Fsp3) is 0.667. The van der Waals surface area contributed by atoms with Gasteiger partial charge >= 0.3 is 17.9 Å². The van der Waals surface area contributed by atoms with E-state index in [1.165, 1.54) is 96.3 Å². The van der Waals surface area contributed by atoms with Crippen molar-refractivity contribution in [1.82, 2.24) is 0 Å². The highest BCUT2D eigenvalue weighted by Crippen LogP contribution is 2.15. The molecule has 0 aromatic heterocycles. The zero-order valence-corrected chi connectivity index (χ0v) is 48.8. The number of unbranched alkanes of at least 4 members (excludes halogenated alkanes) is 24. The molecule has 0 radical (unpaired) electrons. The molecular weight excluding hydrogens is 925 g/mol. The van der Waals surface area contributed by atoms with E-state index in [9.17, 15) is 14.4 Å². The molecule has 0 fully saturated rings. The molecule has 0 aromatic rings. The lowest BCUT2D eigenvalue weighted by atomic mass is 10.1. The van der Waals surface area contributed by atoms with Crippen LogP contribution in [0.4, 0.5) is 0 Å². The monoisotopic (exact) mass is 1040 g/mol. The van der Waals surface area contributed by atoms with E-state index in [4.69, 9.17) is 14.2 Å². The lowest BCUT2D eigenvalue weighted by Gasteiger charge is -2.18. The van der Waals surface area contributed by atoms with Gasteiger partial charge in [-0.25, -0.2) is 0 Å². The number of carbonyl (C=O) groups is 3. The summed E-state index contributed by atoms with van der Waals surface area (Å²) in [6, 6.07) is 0. The Kier molecular flexibility index (Phi) is 58.9. The predicted octanol–water partition coefficient (Wildman–Crippen LogP) is 21.2. The van der Waals surface area contributed by atoms with Crippen molar-refractivity contribution in [3.8, 4) is 0 Å². The first-order valence-electron chi connectivity index (χ1n) is 31.0. The number of carbonyl (C=O) groups excluding carboxylic acids is 3. The van der Waals surface area contributed by atoms with Gasteiger partial charge in [0.1, 0.15) is 13.2 Å². The van der Waals surface area contributed by atoms with Crippen LogP contribution >= 0.6 is 0 Å². The van der Waals surface area contributed by atoms with E-state index >= 15 is 0 Å². The molecule has 0 aliphatic rings. The Balaban J connectivity index is 4.34. The van der Waals surface area contributed by atoms with Gasteiger partial charge in [0.05, 0.1) is 0 Å². The lowest BCUT2D eigenvalue weighted by Crippen LogP contribution is -2.30. The Hall–Kier alpha value is -4.19. The fourth-order valence-corrected chi connectivity index (χ4v) is 8.26. The van der Waals surface area contributed by atoms with E-state index in [-0.39, 0.29) is 31.1 Å². The summed E-state index contributed by atoms with van der Waals surface area (Å²) >= 11 is 0. The summed E-state index contributed by atoms with van der Waals surface area (Å²) in [7, 11) is 0. The van der Waals surface area contributed by atoms with Crippen molar-refractivity contribution < 1.29 is 28.6 Å². The highest BCUT2D eigenvalue weighted by atomic mass is 16.6. The van der Waals surface area contributed by atoms with Crippen LogP contribution in [-0.2, 0) is 28.6 Å². The molecule has 0 amide bonds. The molecule has 0 aliphatic heterocycles. The van der Waals surface area contributed by atoms with E-state index in [1.807, 2.05) is 0 Å². The highest BCUT2D eigenvalue weighted by Gasteiger charge is 2.19. The van der Waals surface area contributed by atoms with E-state index in [0.29, 0.717) is 19.3 Å². The summed E-state index contributed by atoms with van der Waals surface area (Å²) in [5.41, 5.74) is 0. The van der Waals surface area contributed by atoms with Crippen molar-refractivity contribution in [2.24, 2.45) is 0 Å². The summed E-state index contributed by atoms with van der Waals surface area (Å²) in [6.45, 7) is 6.44. The summed E-state index contributed by atoms with van der Waals surface area (Å²) in [4.78, 5) is 38.2. The molecule has 0 aliphatic carbocycles. The van der Waals surface area contributed by atoms with E-state index < -0.39 is 6.10 Å². The molecule has 6 heteroatoms. The van der Waals surface area contributed by atoms with Gasteiger partial charge in [-0.1, -0.05) is 251 Å². The van der Waals surface area contributed by atoms with Crippen LogP contribution in [0.1, 0.15) is 278 Å².